The average Bonchev–Trinajstić information content (AvgIpc) is 2.94. The van der Waals surface area contributed by atoms with Crippen molar-refractivity contribution in [1.29, 1.82) is 0 Å². The molecule has 1 N–H and O–H groups in total. The van der Waals surface area contributed by atoms with Gasteiger partial charge in [-0.2, -0.15) is 0 Å². The van der Waals surface area contributed by atoms with Crippen molar-refractivity contribution in [2.24, 2.45) is 16.7 Å². The molecule has 223 valence electrons. The van der Waals surface area contributed by atoms with E-state index in [1.54, 1.807) is 0 Å². The third-order valence-electron chi connectivity index (χ3n) is 9.97. The van der Waals surface area contributed by atoms with E-state index in [9.17, 15) is 9.90 Å². The van der Waals surface area contributed by atoms with Gasteiger partial charge in [-0.05, 0) is 84.9 Å². The van der Waals surface area contributed by atoms with E-state index in [4.69, 9.17) is 0 Å². The largest absolute Gasteiger partial charge is 0.511 e. The van der Waals surface area contributed by atoms with Gasteiger partial charge in [0, 0.05) is 42.7 Å². The molecule has 5 rings (SSSR count). The van der Waals surface area contributed by atoms with Crippen LogP contribution in [0.2, 0.25) is 0 Å². The first-order valence-corrected chi connectivity index (χ1v) is 15.4. The predicted octanol–water partition coefficient (Wildman–Crippen LogP) is 10.2. The zero-order valence-electron chi connectivity index (χ0n) is 26.3. The fraction of sp³-hybridized carbons (Fsp3) is 0.514. The summed E-state index contributed by atoms with van der Waals surface area (Å²) in [6.07, 6.45) is 8.76. The van der Waals surface area contributed by atoms with Crippen molar-refractivity contribution in [3.05, 3.63) is 76.7 Å². The molecule has 3 nitrogen and oxygen atoms in total. The molecule has 2 aliphatic carbocycles. The van der Waals surface area contributed by atoms with Gasteiger partial charge < -0.3 is 10.1 Å². The van der Waals surface area contributed by atoms with E-state index in [-0.39, 0.29) is 36.7 Å². The maximum absolute atomic E-state index is 12.9. The summed E-state index contributed by atoms with van der Waals surface area (Å²) >= 11 is 0. The Morgan fingerprint density at radius 2 is 1.68 bits per heavy atom. The van der Waals surface area contributed by atoms with Crippen molar-refractivity contribution in [1.82, 2.24) is 4.98 Å². The van der Waals surface area contributed by atoms with Crippen LogP contribution in [0.3, 0.4) is 0 Å². The molecule has 41 heavy (non-hydrogen) atoms. The van der Waals surface area contributed by atoms with E-state index in [0.29, 0.717) is 17.6 Å². The van der Waals surface area contributed by atoms with Gasteiger partial charge in [0.2, 0.25) is 0 Å². The molecular formula is C37H48IrNO2-. The Morgan fingerprint density at radius 1 is 1.00 bits per heavy atom. The average molecular weight is 731 g/mol. The van der Waals surface area contributed by atoms with Gasteiger partial charge in [-0.3, -0.25) is 4.79 Å². The second-order valence-electron chi connectivity index (χ2n) is 12.8. The van der Waals surface area contributed by atoms with Crippen molar-refractivity contribution >= 4 is 16.6 Å². The number of aliphatic hydroxyl groups is 1. The minimum absolute atomic E-state index is 0. The van der Waals surface area contributed by atoms with Crippen molar-refractivity contribution in [3.63, 3.8) is 0 Å². The summed E-state index contributed by atoms with van der Waals surface area (Å²) in [6.45, 7) is 17.1. The van der Waals surface area contributed by atoms with Crippen LogP contribution in [0, 0.1) is 36.7 Å². The molecule has 0 amide bonds. The van der Waals surface area contributed by atoms with Crippen LogP contribution >= 0.6 is 0 Å². The molecule has 3 aromatic rings. The van der Waals surface area contributed by atoms with Gasteiger partial charge in [-0.15, -0.1) is 34.9 Å². The first kappa shape index (κ1) is 33.2. The van der Waals surface area contributed by atoms with Gasteiger partial charge in [0.15, 0.2) is 5.78 Å². The Kier molecular flexibility index (Phi) is 10.8. The molecule has 0 saturated heterocycles. The Bertz CT molecular complexity index is 1400. The summed E-state index contributed by atoms with van der Waals surface area (Å²) in [7, 11) is 0. The van der Waals surface area contributed by atoms with Gasteiger partial charge in [0.05, 0.1) is 0 Å². The zero-order chi connectivity index (χ0) is 29.2. The number of ketones is 1. The third kappa shape index (κ3) is 6.55. The standard InChI is InChI=1S/C20H20N.C17H28O2.Ir/c1-13(2)16-5-6-19-17(12-16)7-8-21-20(19)18-10-14(3)9-15(4)11-18;1-5-16(4)10-8-12-9-11-17(6-2,7-3)15(19)13(12)14(16)18;/h5-10,12-13H,1-4H3;12,18H,5-11H2,1-4H3;/q-1;;/t;12?,16-;/m.0./s1. The normalized spacial score (nSPS) is 21.7. The molecule has 1 saturated carbocycles. The van der Waals surface area contributed by atoms with E-state index in [2.05, 4.69) is 103 Å². The maximum atomic E-state index is 12.9. The summed E-state index contributed by atoms with van der Waals surface area (Å²) in [5.74, 6) is 1.53. The van der Waals surface area contributed by atoms with E-state index in [1.165, 1.54) is 21.9 Å². The number of aryl methyl sites for hydroxylation is 2. The number of pyridine rings is 1. The molecule has 1 radical (unpaired) electrons. The number of benzene rings is 2. The van der Waals surface area contributed by atoms with Crippen LogP contribution in [0.25, 0.3) is 22.0 Å². The topological polar surface area (TPSA) is 50.2 Å². The van der Waals surface area contributed by atoms with Crippen LogP contribution in [0.15, 0.2) is 53.9 Å². The number of allylic oxidation sites excluding steroid dienone is 2. The van der Waals surface area contributed by atoms with E-state index < -0.39 is 0 Å². The fourth-order valence-corrected chi connectivity index (χ4v) is 6.77. The van der Waals surface area contributed by atoms with Gasteiger partial charge >= 0.3 is 0 Å². The molecule has 1 unspecified atom stereocenters. The number of aliphatic hydroxyl groups excluding tert-OH is 1. The Morgan fingerprint density at radius 3 is 2.29 bits per heavy atom. The Labute approximate surface area is 261 Å². The van der Waals surface area contributed by atoms with Crippen LogP contribution in [-0.2, 0) is 24.9 Å². The third-order valence-corrected chi connectivity index (χ3v) is 9.97. The molecule has 1 heterocycles. The van der Waals surface area contributed by atoms with Crippen molar-refractivity contribution in [2.75, 3.05) is 0 Å². The number of aromatic nitrogens is 1. The summed E-state index contributed by atoms with van der Waals surface area (Å²) in [4.78, 5) is 17.5. The Balaban J connectivity index is 0.000000221. The van der Waals surface area contributed by atoms with Crippen molar-refractivity contribution in [3.8, 4) is 11.3 Å². The SMILES string of the molecule is CCC1(CC)CCC2CC[C@](C)(CC)C(O)=C2C1=O.Cc1[c-]c(-c2nccc3cc(C(C)C)ccc23)cc(C)c1.[Ir]. The van der Waals surface area contributed by atoms with Gasteiger partial charge in [0.25, 0.3) is 0 Å². The second kappa shape index (κ2) is 13.3. The number of hydrogen-bond donors (Lipinski definition) is 1. The molecule has 0 bridgehead atoms. The van der Waals surface area contributed by atoms with Crippen LogP contribution < -0.4 is 0 Å². The maximum Gasteiger partial charge on any atom is 0.168 e. The first-order valence-electron chi connectivity index (χ1n) is 15.4. The summed E-state index contributed by atoms with van der Waals surface area (Å²) in [5.41, 5.74) is 6.29. The first-order chi connectivity index (χ1) is 19.0. The molecule has 0 aliphatic heterocycles. The van der Waals surface area contributed by atoms with Crippen molar-refractivity contribution in [2.45, 2.75) is 106 Å². The van der Waals surface area contributed by atoms with Gasteiger partial charge in [-0.25, -0.2) is 0 Å². The number of fused-ring (bicyclic) bond motifs is 2. The quantitative estimate of drug-likeness (QED) is 0.266. The van der Waals surface area contributed by atoms with Crippen molar-refractivity contribution < 1.29 is 30.0 Å². The van der Waals surface area contributed by atoms with Gasteiger partial charge in [0.1, 0.15) is 5.76 Å². The van der Waals surface area contributed by atoms with Crippen LogP contribution in [-0.4, -0.2) is 15.9 Å². The van der Waals surface area contributed by atoms with Gasteiger partial charge in [-0.1, -0.05) is 73.6 Å². The van der Waals surface area contributed by atoms with Crippen LogP contribution in [0.5, 0.6) is 0 Å². The Hall–Kier alpha value is -2.29. The molecular weight excluding hydrogens is 683 g/mol. The molecule has 2 aromatic carbocycles. The monoisotopic (exact) mass is 731 g/mol. The number of Topliss-reactive ketones (excluding diaryl/α,β-unsaturated/α-hetero) is 1. The zero-order valence-corrected chi connectivity index (χ0v) is 28.7. The smallest absolute Gasteiger partial charge is 0.168 e. The minimum atomic E-state index is -0.203. The summed E-state index contributed by atoms with van der Waals surface area (Å²) in [6, 6.07) is 16.5. The molecule has 2 atom stereocenters. The molecule has 0 spiro atoms. The van der Waals surface area contributed by atoms with E-state index in [0.717, 1.165) is 67.3 Å². The number of rotatable bonds is 5. The summed E-state index contributed by atoms with van der Waals surface area (Å²) in [5, 5.41) is 13.1. The van der Waals surface area contributed by atoms with Crippen LogP contribution in [0.4, 0.5) is 0 Å². The predicted molar refractivity (Wildman–Crippen MR) is 168 cm³/mol. The number of nitrogens with zero attached hydrogens (tertiary/aromatic N) is 1. The molecule has 2 aliphatic rings. The fourth-order valence-electron chi connectivity index (χ4n) is 6.77. The number of carbonyl (C=O) groups excluding carboxylic acids is 1. The number of carbonyl (C=O) groups is 1. The number of hydrogen-bond acceptors (Lipinski definition) is 3. The second-order valence-corrected chi connectivity index (χ2v) is 12.8. The van der Waals surface area contributed by atoms with Crippen LogP contribution in [0.1, 0.15) is 109 Å². The summed E-state index contributed by atoms with van der Waals surface area (Å²) < 4.78 is 0. The molecule has 4 heteroatoms. The van der Waals surface area contributed by atoms with E-state index in [1.807, 2.05) is 6.20 Å². The minimum Gasteiger partial charge on any atom is -0.511 e. The molecule has 1 fully saturated rings. The molecule has 1 aromatic heterocycles. The van der Waals surface area contributed by atoms with E-state index >= 15 is 0 Å².